The van der Waals surface area contributed by atoms with Gasteiger partial charge < -0.3 is 0 Å². The van der Waals surface area contributed by atoms with Gasteiger partial charge in [0.05, 0.1) is 9.76 Å². The molecule has 1 aliphatic carbocycles. The first-order valence-corrected chi connectivity index (χ1v) is 14.2. The number of carbonyl (C=O) groups excluding carboxylic acids is 5. The van der Waals surface area contributed by atoms with Gasteiger partial charge in [-0.25, -0.2) is 0 Å². The fourth-order valence-electron chi connectivity index (χ4n) is 3.28. The van der Waals surface area contributed by atoms with Crippen LogP contribution in [-0.4, -0.2) is 50.4 Å². The van der Waals surface area contributed by atoms with Gasteiger partial charge in [0.25, 0.3) is 11.8 Å². The highest BCUT2D eigenvalue weighted by molar-refractivity contribution is 14.1. The van der Waals surface area contributed by atoms with Crippen molar-refractivity contribution in [3.63, 3.8) is 0 Å². The second-order valence-corrected chi connectivity index (χ2v) is 10.7. The highest BCUT2D eigenvalue weighted by Gasteiger charge is 2.31. The molecule has 2 rings (SSSR count). The van der Waals surface area contributed by atoms with E-state index in [1.165, 1.54) is 17.1 Å². The van der Waals surface area contributed by atoms with Crippen LogP contribution in [0.4, 0.5) is 0 Å². The first-order valence-electron chi connectivity index (χ1n) is 11.6. The van der Waals surface area contributed by atoms with Gasteiger partial charge in [0.15, 0.2) is 0 Å². The van der Waals surface area contributed by atoms with Gasteiger partial charge in [-0.3, -0.25) is 28.9 Å². The Bertz CT molecular complexity index is 672. The monoisotopic (exact) mass is 639 g/mol. The van der Waals surface area contributed by atoms with E-state index in [2.05, 4.69) is 38.5 Å². The fraction of sp³-hybridized carbons (Fsp3) is 0.720. The lowest BCUT2D eigenvalue weighted by Gasteiger charge is -2.30. The molecule has 8 heteroatoms. The summed E-state index contributed by atoms with van der Waals surface area (Å²) in [6.45, 7) is 12.0. The summed E-state index contributed by atoms with van der Waals surface area (Å²) < 4.78 is 0.648. The summed E-state index contributed by atoms with van der Waals surface area (Å²) in [7, 11) is 0. The van der Waals surface area contributed by atoms with Gasteiger partial charge in [-0.2, -0.15) is 0 Å². The number of halogens is 2. The molecule has 0 aromatic carbocycles. The third kappa shape index (κ3) is 12.4. The Labute approximate surface area is 221 Å². The summed E-state index contributed by atoms with van der Waals surface area (Å²) in [5.74, 6) is 1.58. The van der Waals surface area contributed by atoms with E-state index >= 15 is 0 Å². The van der Waals surface area contributed by atoms with E-state index in [0.29, 0.717) is 33.8 Å². The van der Waals surface area contributed by atoms with Gasteiger partial charge in [-0.1, -0.05) is 80.1 Å². The predicted molar refractivity (Wildman–Crippen MR) is 144 cm³/mol. The lowest BCUT2D eigenvalue weighted by Crippen LogP contribution is -2.36. The molecule has 0 radical (unpaired) electrons. The summed E-state index contributed by atoms with van der Waals surface area (Å²) in [6.07, 6.45) is 6.31. The Balaban J connectivity index is 0.000000605. The molecule has 2 aliphatic rings. The maximum atomic E-state index is 11.9. The number of carbonyl (C=O) groups is 5. The molecule has 0 aromatic rings. The van der Waals surface area contributed by atoms with Crippen LogP contribution in [0.5, 0.6) is 0 Å². The summed E-state index contributed by atoms with van der Waals surface area (Å²) in [4.78, 5) is 57.2. The lowest BCUT2D eigenvalue weighted by atomic mass is 9.77. The topological polar surface area (TPSA) is 88.6 Å². The van der Waals surface area contributed by atoms with Crippen LogP contribution >= 0.6 is 38.5 Å². The molecule has 1 heterocycles. The van der Waals surface area contributed by atoms with Crippen LogP contribution in [0, 0.1) is 29.6 Å². The van der Waals surface area contributed by atoms with Crippen molar-refractivity contribution in [2.24, 2.45) is 29.6 Å². The first-order chi connectivity index (χ1) is 15.3. The van der Waals surface area contributed by atoms with Gasteiger partial charge in [0.1, 0.15) is 17.3 Å². The smallest absolute Gasteiger partial charge is 0.253 e. The standard InChI is InChI=1S/C15H21NO3.C5H9BrO.C5H9IO/c1-10(2)15(19)12-5-3-11(4-6-12)9-16-13(17)7-8-14(16)18;2*1-4(2)5(7)3-6/h7-8,10-12H,3-6,9H2,1-2H3;2*4H,3H2,1-2H3. The average molecular weight is 640 g/mol. The van der Waals surface area contributed by atoms with Gasteiger partial charge in [0, 0.05) is 42.4 Å². The van der Waals surface area contributed by atoms with E-state index in [9.17, 15) is 24.0 Å². The number of hydrogen-bond acceptors (Lipinski definition) is 5. The molecule has 0 aromatic heterocycles. The average Bonchev–Trinajstić information content (AvgIpc) is 3.10. The first kappa shape index (κ1) is 32.1. The molecule has 0 spiro atoms. The van der Waals surface area contributed by atoms with Gasteiger partial charge in [-0.05, 0) is 31.6 Å². The minimum absolute atomic E-state index is 0.104. The highest BCUT2D eigenvalue weighted by Crippen LogP contribution is 2.31. The zero-order valence-electron chi connectivity index (χ0n) is 20.7. The quantitative estimate of drug-likeness (QED) is 0.207. The summed E-state index contributed by atoms with van der Waals surface area (Å²) in [5.41, 5.74) is 0. The van der Waals surface area contributed by atoms with Crippen LogP contribution in [0.25, 0.3) is 0 Å². The fourth-order valence-corrected chi connectivity index (χ4v) is 4.81. The molecule has 0 atom stereocenters. The summed E-state index contributed by atoms with van der Waals surface area (Å²) >= 11 is 5.14. The van der Waals surface area contributed by atoms with Crippen LogP contribution in [-0.2, 0) is 24.0 Å². The molecular formula is C25H39BrINO5. The number of rotatable bonds is 8. The van der Waals surface area contributed by atoms with Crippen LogP contribution in [0.3, 0.4) is 0 Å². The number of hydrogen-bond donors (Lipinski definition) is 0. The van der Waals surface area contributed by atoms with Crippen molar-refractivity contribution >= 4 is 67.7 Å². The molecular weight excluding hydrogens is 601 g/mol. The third-order valence-corrected chi connectivity index (χ3v) is 7.02. The van der Waals surface area contributed by atoms with Crippen LogP contribution in [0.15, 0.2) is 12.2 Å². The Morgan fingerprint density at radius 2 is 1.33 bits per heavy atom. The molecule has 1 aliphatic heterocycles. The minimum atomic E-state index is -0.203. The van der Waals surface area contributed by atoms with Crippen molar-refractivity contribution in [1.82, 2.24) is 4.90 Å². The third-order valence-electron chi connectivity index (χ3n) is 5.71. The van der Waals surface area contributed by atoms with E-state index in [0.717, 1.165) is 25.7 Å². The second kappa shape index (κ2) is 16.7. The number of imide groups is 1. The number of amides is 2. The van der Waals surface area contributed by atoms with Crippen molar-refractivity contribution in [3.8, 4) is 0 Å². The Morgan fingerprint density at radius 3 is 1.61 bits per heavy atom. The van der Waals surface area contributed by atoms with E-state index in [4.69, 9.17) is 0 Å². The Kier molecular flexibility index (Phi) is 16.2. The maximum Gasteiger partial charge on any atom is 0.253 e. The zero-order chi connectivity index (χ0) is 25.7. The van der Waals surface area contributed by atoms with E-state index < -0.39 is 0 Å². The molecule has 1 saturated carbocycles. The lowest BCUT2D eigenvalue weighted by molar-refractivity contribution is -0.138. The van der Waals surface area contributed by atoms with E-state index in [1.54, 1.807) is 0 Å². The molecule has 33 heavy (non-hydrogen) atoms. The maximum absolute atomic E-state index is 11.9. The molecule has 0 N–H and O–H groups in total. The second-order valence-electron chi connectivity index (χ2n) is 9.40. The molecule has 6 nitrogen and oxygen atoms in total. The van der Waals surface area contributed by atoms with Crippen molar-refractivity contribution in [3.05, 3.63) is 12.2 Å². The van der Waals surface area contributed by atoms with Crippen LogP contribution in [0.1, 0.15) is 67.2 Å². The molecule has 0 bridgehead atoms. The molecule has 2 amide bonds. The van der Waals surface area contributed by atoms with Crippen molar-refractivity contribution in [2.45, 2.75) is 67.2 Å². The van der Waals surface area contributed by atoms with Crippen LogP contribution < -0.4 is 0 Å². The van der Waals surface area contributed by atoms with Crippen LogP contribution in [0.2, 0.25) is 0 Å². The van der Waals surface area contributed by atoms with Crippen molar-refractivity contribution in [2.75, 3.05) is 16.3 Å². The minimum Gasteiger partial charge on any atom is -0.299 e. The molecule has 0 unspecified atom stereocenters. The molecule has 1 fully saturated rings. The van der Waals surface area contributed by atoms with Crippen molar-refractivity contribution < 1.29 is 24.0 Å². The zero-order valence-corrected chi connectivity index (χ0v) is 24.5. The molecule has 0 saturated heterocycles. The summed E-state index contributed by atoms with van der Waals surface area (Å²) in [5, 5.41) is 0.491. The Hall–Kier alpha value is -0.900. The largest absolute Gasteiger partial charge is 0.299 e. The molecule has 188 valence electrons. The number of nitrogens with zero attached hydrogens (tertiary/aromatic N) is 1. The van der Waals surface area contributed by atoms with Gasteiger partial charge in [0.2, 0.25) is 0 Å². The highest BCUT2D eigenvalue weighted by atomic mass is 127. The van der Waals surface area contributed by atoms with Gasteiger partial charge in [-0.15, -0.1) is 0 Å². The number of alkyl halides is 2. The number of Topliss-reactive ketones (excluding diaryl/α,β-unsaturated/α-hetero) is 3. The van der Waals surface area contributed by atoms with Gasteiger partial charge >= 0.3 is 0 Å². The van der Waals surface area contributed by atoms with E-state index in [-0.39, 0.29) is 41.3 Å². The number of ketones is 3. The predicted octanol–water partition coefficient (Wildman–Crippen LogP) is 5.20. The SMILES string of the molecule is CC(C)C(=O)C1CCC(CN2C(=O)C=CC2=O)CC1.CC(C)C(=O)CBr.CC(C)C(=O)CI. The normalized spacial score (nSPS) is 19.9. The van der Waals surface area contributed by atoms with Crippen molar-refractivity contribution in [1.29, 1.82) is 0 Å². The summed E-state index contributed by atoms with van der Waals surface area (Å²) in [6, 6.07) is 0. The Morgan fingerprint density at radius 1 is 0.879 bits per heavy atom. The van der Waals surface area contributed by atoms with E-state index in [1.807, 2.05) is 41.5 Å².